The first-order valence-corrected chi connectivity index (χ1v) is 9.43. The lowest BCUT2D eigenvalue weighted by Gasteiger charge is -2.31. The molecule has 158 valence electrons. The van der Waals surface area contributed by atoms with Crippen LogP contribution < -0.4 is 15.8 Å². The predicted octanol–water partition coefficient (Wildman–Crippen LogP) is 1.69. The standard InChI is InChI=1S/C18H24N4O6S/c1-18(2,3)27-16(24)20-6-7-26-10-4-5-11-12(8-10)13-9-21(14(11)15(19)23)17(25)22(13)28-29/h4-5,8,13-14,29H,6-7,9H2,1-3H3,(H2,19,23)(H,20,24). The molecule has 2 aliphatic rings. The first-order valence-electron chi connectivity index (χ1n) is 9.06. The Kier molecular flexibility index (Phi) is 5.80. The van der Waals surface area contributed by atoms with Crippen molar-refractivity contribution < 1.29 is 28.1 Å². The highest BCUT2D eigenvalue weighted by molar-refractivity contribution is 7.75. The largest absolute Gasteiger partial charge is 0.492 e. The molecule has 0 radical (unpaired) electrons. The Morgan fingerprint density at radius 2 is 2.03 bits per heavy atom. The fourth-order valence-corrected chi connectivity index (χ4v) is 3.61. The number of nitrogens with zero attached hydrogens (tertiary/aromatic N) is 2. The summed E-state index contributed by atoms with van der Waals surface area (Å²) in [6.07, 6.45) is -0.526. The Morgan fingerprint density at radius 1 is 1.31 bits per heavy atom. The summed E-state index contributed by atoms with van der Waals surface area (Å²) in [5.41, 5.74) is 6.27. The molecule has 3 N–H and O–H groups in total. The first-order chi connectivity index (χ1) is 13.6. The average Bonchev–Trinajstić information content (AvgIpc) is 2.90. The highest BCUT2D eigenvalue weighted by Crippen LogP contribution is 2.45. The van der Waals surface area contributed by atoms with Crippen molar-refractivity contribution in [2.45, 2.75) is 38.5 Å². The van der Waals surface area contributed by atoms with Crippen LogP contribution >= 0.6 is 12.9 Å². The molecule has 0 aromatic heterocycles. The van der Waals surface area contributed by atoms with Gasteiger partial charge < -0.3 is 25.4 Å². The summed E-state index contributed by atoms with van der Waals surface area (Å²) in [6, 6.07) is 3.33. The first kappa shape index (κ1) is 21.1. The van der Waals surface area contributed by atoms with Crippen LogP contribution in [0.15, 0.2) is 18.2 Å². The van der Waals surface area contributed by atoms with Gasteiger partial charge in [-0.25, -0.2) is 13.9 Å². The van der Waals surface area contributed by atoms with Crippen molar-refractivity contribution in [2.24, 2.45) is 5.73 Å². The van der Waals surface area contributed by atoms with Crippen molar-refractivity contribution in [3.63, 3.8) is 0 Å². The lowest BCUT2D eigenvalue weighted by Crippen LogP contribution is -2.41. The Balaban J connectivity index is 1.69. The number of urea groups is 1. The number of primary amides is 1. The van der Waals surface area contributed by atoms with Gasteiger partial charge in [-0.15, -0.1) is 0 Å². The molecule has 2 aliphatic heterocycles. The van der Waals surface area contributed by atoms with Crippen LogP contribution in [0.25, 0.3) is 0 Å². The molecular weight excluding hydrogens is 400 g/mol. The number of hydrogen-bond donors (Lipinski definition) is 3. The van der Waals surface area contributed by atoms with E-state index in [-0.39, 0.29) is 19.7 Å². The summed E-state index contributed by atoms with van der Waals surface area (Å²) in [5, 5.41) is 3.70. The minimum atomic E-state index is -0.884. The van der Waals surface area contributed by atoms with E-state index in [4.69, 9.17) is 19.5 Å². The van der Waals surface area contributed by atoms with E-state index in [0.29, 0.717) is 16.9 Å². The van der Waals surface area contributed by atoms with Crippen molar-refractivity contribution in [1.82, 2.24) is 15.3 Å². The number of benzene rings is 1. The fraction of sp³-hybridized carbons (Fsp3) is 0.500. The summed E-state index contributed by atoms with van der Waals surface area (Å²) in [5.74, 6) is -0.112. The van der Waals surface area contributed by atoms with E-state index in [1.165, 1.54) is 4.90 Å². The second-order valence-electron chi connectivity index (χ2n) is 7.73. The van der Waals surface area contributed by atoms with Crippen molar-refractivity contribution >= 4 is 30.9 Å². The van der Waals surface area contributed by atoms with Gasteiger partial charge in [0.2, 0.25) is 5.91 Å². The van der Waals surface area contributed by atoms with Gasteiger partial charge in [0.25, 0.3) is 0 Å². The van der Waals surface area contributed by atoms with Gasteiger partial charge in [-0.2, -0.15) is 5.06 Å². The minimum absolute atomic E-state index is 0.208. The number of thiol groups is 1. The Hall–Kier alpha value is -2.66. The zero-order valence-corrected chi connectivity index (χ0v) is 17.3. The van der Waals surface area contributed by atoms with E-state index in [2.05, 4.69) is 18.2 Å². The lowest BCUT2D eigenvalue weighted by atomic mass is 9.90. The Bertz CT molecular complexity index is 827. The van der Waals surface area contributed by atoms with Gasteiger partial charge in [-0.05, 0) is 44.0 Å². The second-order valence-corrected chi connectivity index (χ2v) is 7.89. The number of carbonyl (C=O) groups is 3. The molecule has 11 heteroatoms. The molecule has 2 unspecified atom stereocenters. The zero-order chi connectivity index (χ0) is 21.3. The van der Waals surface area contributed by atoms with Gasteiger partial charge in [-0.1, -0.05) is 6.07 Å². The van der Waals surface area contributed by atoms with Crippen LogP contribution in [0.1, 0.15) is 44.0 Å². The van der Waals surface area contributed by atoms with Crippen LogP contribution in [0.2, 0.25) is 0 Å². The van der Waals surface area contributed by atoms with E-state index >= 15 is 0 Å². The molecule has 0 aliphatic carbocycles. The third kappa shape index (κ3) is 4.35. The molecule has 1 aromatic carbocycles. The van der Waals surface area contributed by atoms with E-state index in [0.717, 1.165) is 5.06 Å². The molecule has 0 saturated carbocycles. The number of fused-ring (bicyclic) bond motifs is 4. The number of nitrogens with two attached hydrogens (primary N) is 1. The number of hydroxylamine groups is 2. The quantitative estimate of drug-likeness (QED) is 0.363. The summed E-state index contributed by atoms with van der Waals surface area (Å²) >= 11 is 3.75. The number of alkyl carbamates (subject to hydrolysis) is 1. The van der Waals surface area contributed by atoms with Crippen LogP contribution in [0.3, 0.4) is 0 Å². The smallest absolute Gasteiger partial charge is 0.407 e. The SMILES string of the molecule is CC(C)(C)OC(=O)NCCOc1ccc2c(c1)C1CN(C(=O)N1OS)C2C(N)=O. The molecule has 2 bridgehead atoms. The predicted molar refractivity (Wildman–Crippen MR) is 105 cm³/mol. The molecule has 4 amide bonds. The second kappa shape index (κ2) is 7.99. The van der Waals surface area contributed by atoms with E-state index in [1.807, 2.05) is 0 Å². The van der Waals surface area contributed by atoms with Gasteiger partial charge in [0, 0.05) is 12.9 Å². The molecule has 1 aromatic rings. The zero-order valence-electron chi connectivity index (χ0n) is 16.4. The Morgan fingerprint density at radius 3 is 2.66 bits per heavy atom. The highest BCUT2D eigenvalue weighted by Gasteiger charge is 2.50. The fourth-order valence-electron chi connectivity index (χ4n) is 3.42. The molecular formula is C18H24N4O6S. The number of ether oxygens (including phenoxy) is 2. The maximum atomic E-state index is 12.4. The molecule has 1 fully saturated rings. The molecule has 10 nitrogen and oxygen atoms in total. The number of rotatable bonds is 6. The molecule has 29 heavy (non-hydrogen) atoms. The highest BCUT2D eigenvalue weighted by atomic mass is 32.1. The maximum absolute atomic E-state index is 12.4. The normalized spacial score (nSPS) is 20.3. The number of carbonyl (C=O) groups excluding carboxylic acids is 3. The number of hydrogen-bond acceptors (Lipinski definition) is 7. The topological polar surface area (TPSA) is 123 Å². The van der Waals surface area contributed by atoms with Crippen LogP contribution in [0, 0.1) is 0 Å². The molecule has 2 atom stereocenters. The van der Waals surface area contributed by atoms with E-state index < -0.39 is 35.7 Å². The summed E-state index contributed by atoms with van der Waals surface area (Å²) in [4.78, 5) is 37.4. The van der Waals surface area contributed by atoms with Crippen LogP contribution in [0.4, 0.5) is 9.59 Å². The third-order valence-electron chi connectivity index (χ3n) is 4.51. The number of amides is 4. The van der Waals surface area contributed by atoms with Crippen LogP contribution in [0.5, 0.6) is 5.75 Å². The van der Waals surface area contributed by atoms with Crippen molar-refractivity contribution in [1.29, 1.82) is 0 Å². The van der Waals surface area contributed by atoms with Gasteiger partial charge in [0.15, 0.2) is 0 Å². The summed E-state index contributed by atoms with van der Waals surface area (Å²) < 4.78 is 15.7. The van der Waals surface area contributed by atoms with Crippen LogP contribution in [-0.2, 0) is 13.8 Å². The lowest BCUT2D eigenvalue weighted by molar-refractivity contribution is -0.122. The summed E-state index contributed by atoms with van der Waals surface area (Å²) in [7, 11) is 0. The number of nitrogens with one attached hydrogen (secondary N) is 1. The molecule has 2 heterocycles. The summed E-state index contributed by atoms with van der Waals surface area (Å²) in [6.45, 7) is 6.05. The van der Waals surface area contributed by atoms with E-state index in [1.54, 1.807) is 39.0 Å². The monoisotopic (exact) mass is 424 g/mol. The van der Waals surface area contributed by atoms with Crippen molar-refractivity contribution in [2.75, 3.05) is 19.7 Å². The van der Waals surface area contributed by atoms with Gasteiger partial charge >= 0.3 is 12.1 Å². The van der Waals surface area contributed by atoms with Gasteiger partial charge in [0.1, 0.15) is 30.0 Å². The van der Waals surface area contributed by atoms with Crippen molar-refractivity contribution in [3.8, 4) is 5.75 Å². The van der Waals surface area contributed by atoms with Gasteiger partial charge in [-0.3, -0.25) is 4.79 Å². The molecule has 3 rings (SSSR count). The minimum Gasteiger partial charge on any atom is -0.492 e. The van der Waals surface area contributed by atoms with Crippen LogP contribution in [-0.4, -0.2) is 53.3 Å². The van der Waals surface area contributed by atoms with E-state index in [9.17, 15) is 14.4 Å². The average molecular weight is 424 g/mol. The molecule has 1 saturated heterocycles. The molecule has 0 spiro atoms. The Labute approximate surface area is 173 Å². The third-order valence-corrected chi connectivity index (χ3v) is 4.68. The maximum Gasteiger partial charge on any atom is 0.407 e. The van der Waals surface area contributed by atoms with Crippen molar-refractivity contribution in [3.05, 3.63) is 29.3 Å². The van der Waals surface area contributed by atoms with Gasteiger partial charge in [0.05, 0.1) is 13.1 Å².